The zero-order valence-electron chi connectivity index (χ0n) is 16.2. The van der Waals surface area contributed by atoms with E-state index in [1.165, 1.54) is 18.9 Å². The molecule has 0 saturated heterocycles. The van der Waals surface area contributed by atoms with E-state index in [2.05, 4.69) is 15.4 Å². The van der Waals surface area contributed by atoms with Crippen LogP contribution >= 0.6 is 11.8 Å². The lowest BCUT2D eigenvalue weighted by molar-refractivity contribution is -0.139. The Balaban J connectivity index is 1.83. The number of aromatic nitrogens is 1. The van der Waals surface area contributed by atoms with Crippen molar-refractivity contribution in [1.29, 1.82) is 0 Å². The summed E-state index contributed by atoms with van der Waals surface area (Å²) in [6.07, 6.45) is 3.38. The molecule has 1 atom stereocenters. The predicted molar refractivity (Wildman–Crippen MR) is 110 cm³/mol. The quantitative estimate of drug-likeness (QED) is 0.820. The molecule has 1 aromatic carbocycles. The number of nitrogens with one attached hydrogen (secondary N) is 1. The summed E-state index contributed by atoms with van der Waals surface area (Å²) < 4.78 is 0. The van der Waals surface area contributed by atoms with E-state index in [0.717, 1.165) is 22.9 Å². The smallest absolute Gasteiger partial charge is 0.271 e. The molecule has 1 aromatic heterocycles. The van der Waals surface area contributed by atoms with Gasteiger partial charge in [-0.25, -0.2) is 0 Å². The largest absolute Gasteiger partial charge is 0.304 e. The van der Waals surface area contributed by atoms with Crippen LogP contribution in [0.2, 0.25) is 0 Å². The van der Waals surface area contributed by atoms with Crippen LogP contribution in [0.25, 0.3) is 0 Å². The molecule has 148 valence electrons. The molecule has 29 heavy (non-hydrogen) atoms. The Morgan fingerprint density at radius 2 is 2.03 bits per heavy atom. The number of carbonyl (C=O) groups is 3. The van der Waals surface area contributed by atoms with E-state index in [1.54, 1.807) is 17.3 Å². The van der Waals surface area contributed by atoms with E-state index in [9.17, 15) is 14.4 Å². The van der Waals surface area contributed by atoms with Crippen LogP contribution in [0, 0.1) is 6.92 Å². The molecule has 0 unspecified atom stereocenters. The van der Waals surface area contributed by atoms with Gasteiger partial charge in [-0.3, -0.25) is 19.4 Å². The first-order chi connectivity index (χ1) is 13.8. The van der Waals surface area contributed by atoms with Gasteiger partial charge in [0.05, 0.1) is 12.2 Å². The van der Waals surface area contributed by atoms with Gasteiger partial charge < -0.3 is 10.2 Å². The molecule has 0 saturated carbocycles. The third-order valence-corrected chi connectivity index (χ3v) is 5.96. The number of amidine groups is 1. The maximum atomic E-state index is 13.8. The summed E-state index contributed by atoms with van der Waals surface area (Å²) in [6.45, 7) is 4.95. The van der Waals surface area contributed by atoms with Gasteiger partial charge in [-0.2, -0.15) is 5.01 Å². The highest BCUT2D eigenvalue weighted by molar-refractivity contribution is 8.15. The Morgan fingerprint density at radius 1 is 1.24 bits per heavy atom. The number of hydrogen-bond donors (Lipinski definition) is 1. The summed E-state index contributed by atoms with van der Waals surface area (Å²) in [5, 5.41) is 8.26. The van der Waals surface area contributed by atoms with Crippen molar-refractivity contribution >= 4 is 40.3 Å². The SMILES string of the molecule is CC(=O)NC1=NN(C(C)=O)[C@@]2(S1)C(=O)N(Cc1cccnc1)c1ccc(C)cc12. The molecule has 4 rings (SSSR count). The number of carbonyl (C=O) groups excluding carboxylic acids is 3. The van der Waals surface area contributed by atoms with Crippen LogP contribution in [-0.4, -0.2) is 32.9 Å². The Bertz CT molecular complexity index is 1060. The van der Waals surface area contributed by atoms with Gasteiger partial charge >= 0.3 is 0 Å². The van der Waals surface area contributed by atoms with Gasteiger partial charge in [0.25, 0.3) is 5.91 Å². The van der Waals surface area contributed by atoms with Crippen LogP contribution in [-0.2, 0) is 25.8 Å². The summed E-state index contributed by atoms with van der Waals surface area (Å²) in [7, 11) is 0. The van der Waals surface area contributed by atoms with Crippen molar-refractivity contribution < 1.29 is 14.4 Å². The number of hydrazone groups is 1. The highest BCUT2D eigenvalue weighted by Crippen LogP contribution is 2.54. The summed E-state index contributed by atoms with van der Waals surface area (Å²) in [6, 6.07) is 9.40. The first kappa shape index (κ1) is 19.1. The maximum Gasteiger partial charge on any atom is 0.271 e. The summed E-state index contributed by atoms with van der Waals surface area (Å²) in [5.74, 6) is -0.993. The van der Waals surface area contributed by atoms with E-state index >= 15 is 0 Å². The highest BCUT2D eigenvalue weighted by atomic mass is 32.2. The lowest BCUT2D eigenvalue weighted by Gasteiger charge is -2.29. The highest BCUT2D eigenvalue weighted by Gasteiger charge is 2.61. The number of aryl methyl sites for hydroxylation is 1. The summed E-state index contributed by atoms with van der Waals surface area (Å²) in [4.78, 5) is 42.1. The Labute approximate surface area is 172 Å². The molecule has 0 fully saturated rings. The van der Waals surface area contributed by atoms with Crippen molar-refractivity contribution in [3.05, 3.63) is 59.4 Å². The summed E-state index contributed by atoms with van der Waals surface area (Å²) in [5.41, 5.74) is 3.21. The minimum absolute atomic E-state index is 0.219. The molecule has 9 heteroatoms. The van der Waals surface area contributed by atoms with E-state index < -0.39 is 4.87 Å². The van der Waals surface area contributed by atoms with Gasteiger partial charge in [0.15, 0.2) is 5.17 Å². The average Bonchev–Trinajstić information content (AvgIpc) is 3.15. The zero-order chi connectivity index (χ0) is 20.8. The standard InChI is InChI=1S/C20H19N5O3S/c1-12-6-7-17-16(9-12)20(18(28)24(17)11-15-5-4-8-21-10-15)25(14(3)27)23-19(29-20)22-13(2)26/h4-10H,11H2,1-3H3,(H,22,23,26)/t20-/m0/s1. The third-order valence-electron chi connectivity index (χ3n) is 4.72. The van der Waals surface area contributed by atoms with Crippen molar-refractivity contribution in [2.75, 3.05) is 4.90 Å². The number of thioether (sulfide) groups is 1. The van der Waals surface area contributed by atoms with Crippen LogP contribution in [0.4, 0.5) is 5.69 Å². The second-order valence-corrected chi connectivity index (χ2v) is 8.12. The fraction of sp³-hybridized carbons (Fsp3) is 0.250. The molecule has 2 aliphatic heterocycles. The van der Waals surface area contributed by atoms with E-state index in [-0.39, 0.29) is 22.9 Å². The molecule has 0 bridgehead atoms. The van der Waals surface area contributed by atoms with Crippen LogP contribution in [0.15, 0.2) is 47.8 Å². The molecule has 0 radical (unpaired) electrons. The Hall–Kier alpha value is -3.20. The number of rotatable bonds is 2. The van der Waals surface area contributed by atoms with Crippen molar-refractivity contribution in [3.8, 4) is 0 Å². The number of pyridine rings is 1. The number of benzene rings is 1. The number of hydrogen-bond acceptors (Lipinski definition) is 6. The molecule has 2 aromatic rings. The zero-order valence-corrected chi connectivity index (χ0v) is 17.0. The summed E-state index contributed by atoms with van der Waals surface area (Å²) >= 11 is 1.08. The number of nitrogens with zero attached hydrogens (tertiary/aromatic N) is 4. The van der Waals surface area contributed by atoms with Gasteiger partial charge in [0.2, 0.25) is 16.7 Å². The lowest BCUT2D eigenvalue weighted by Crippen LogP contribution is -2.48. The molecule has 3 heterocycles. The van der Waals surface area contributed by atoms with Gasteiger partial charge in [-0.1, -0.05) is 23.8 Å². The molecule has 0 aliphatic carbocycles. The van der Waals surface area contributed by atoms with Crippen molar-refractivity contribution in [2.24, 2.45) is 5.10 Å². The average molecular weight is 409 g/mol. The maximum absolute atomic E-state index is 13.8. The fourth-order valence-corrected chi connectivity index (χ4v) is 4.88. The fourth-order valence-electron chi connectivity index (χ4n) is 3.56. The van der Waals surface area contributed by atoms with Crippen LogP contribution < -0.4 is 10.2 Å². The lowest BCUT2D eigenvalue weighted by atomic mass is 10.0. The molecule has 3 amide bonds. The normalized spacial score (nSPS) is 20.1. The number of amides is 3. The van der Waals surface area contributed by atoms with Crippen molar-refractivity contribution in [1.82, 2.24) is 15.3 Å². The molecule has 8 nitrogen and oxygen atoms in total. The molecule has 2 aliphatic rings. The van der Waals surface area contributed by atoms with E-state index in [0.29, 0.717) is 17.8 Å². The van der Waals surface area contributed by atoms with Gasteiger partial charge in [-0.15, -0.1) is 5.10 Å². The monoisotopic (exact) mass is 409 g/mol. The van der Waals surface area contributed by atoms with Crippen molar-refractivity contribution in [2.45, 2.75) is 32.2 Å². The van der Waals surface area contributed by atoms with Crippen molar-refractivity contribution in [3.63, 3.8) is 0 Å². The topological polar surface area (TPSA) is 95.0 Å². The number of fused-ring (bicyclic) bond motifs is 2. The van der Waals surface area contributed by atoms with Crippen LogP contribution in [0.5, 0.6) is 0 Å². The molecule has 1 spiro atoms. The molecule has 1 N–H and O–H groups in total. The molecular formula is C20H19N5O3S. The van der Waals surface area contributed by atoms with E-state index in [1.807, 2.05) is 37.3 Å². The minimum atomic E-state index is -1.38. The number of anilines is 1. The van der Waals surface area contributed by atoms with E-state index in [4.69, 9.17) is 0 Å². The third kappa shape index (κ3) is 3.07. The Morgan fingerprint density at radius 3 is 2.69 bits per heavy atom. The van der Waals surface area contributed by atoms with Gasteiger partial charge in [0, 0.05) is 31.8 Å². The van der Waals surface area contributed by atoms with Crippen LogP contribution in [0.1, 0.15) is 30.5 Å². The van der Waals surface area contributed by atoms with Gasteiger partial charge in [-0.05, 0) is 36.4 Å². The second kappa shape index (κ2) is 7.00. The Kier molecular flexibility index (Phi) is 4.62. The second-order valence-electron chi connectivity index (χ2n) is 6.94. The first-order valence-corrected chi connectivity index (χ1v) is 9.82. The first-order valence-electron chi connectivity index (χ1n) is 9.01. The minimum Gasteiger partial charge on any atom is -0.304 e. The van der Waals surface area contributed by atoms with Crippen LogP contribution in [0.3, 0.4) is 0 Å². The molecular weight excluding hydrogens is 390 g/mol. The van der Waals surface area contributed by atoms with Gasteiger partial charge in [0.1, 0.15) is 0 Å². The predicted octanol–water partition coefficient (Wildman–Crippen LogP) is 2.09.